The molecular formula is C13H18N2O3S. The first-order valence-electron chi connectivity index (χ1n) is 6.45. The third-order valence-corrected chi connectivity index (χ3v) is 4.30. The van der Waals surface area contributed by atoms with Gasteiger partial charge in [-0.05, 0) is 30.7 Å². The molecule has 6 heteroatoms. The smallest absolute Gasteiger partial charge is 0.317 e. The van der Waals surface area contributed by atoms with E-state index in [-0.39, 0.29) is 11.9 Å². The lowest BCUT2D eigenvalue weighted by Crippen LogP contribution is -2.45. The molecule has 1 aliphatic rings. The first-order valence-corrected chi connectivity index (χ1v) is 7.33. The van der Waals surface area contributed by atoms with Gasteiger partial charge in [0.15, 0.2) is 0 Å². The van der Waals surface area contributed by atoms with Crippen molar-refractivity contribution in [1.82, 2.24) is 10.2 Å². The van der Waals surface area contributed by atoms with Crippen molar-refractivity contribution >= 4 is 23.3 Å². The van der Waals surface area contributed by atoms with E-state index in [0.717, 1.165) is 6.42 Å². The molecule has 0 spiro atoms. The Labute approximate surface area is 116 Å². The quantitative estimate of drug-likeness (QED) is 0.884. The molecule has 1 fully saturated rings. The topological polar surface area (TPSA) is 69.6 Å². The summed E-state index contributed by atoms with van der Waals surface area (Å²) in [5.74, 6) is -1.05. The maximum absolute atomic E-state index is 11.9. The maximum atomic E-state index is 11.9. The van der Waals surface area contributed by atoms with Crippen LogP contribution >= 0.6 is 11.3 Å². The van der Waals surface area contributed by atoms with Gasteiger partial charge in [0.25, 0.3) is 0 Å². The van der Waals surface area contributed by atoms with Crippen LogP contribution in [0.25, 0.3) is 0 Å². The van der Waals surface area contributed by atoms with Crippen molar-refractivity contribution in [3.05, 3.63) is 22.4 Å². The van der Waals surface area contributed by atoms with Crippen molar-refractivity contribution in [3.8, 4) is 0 Å². The number of carbonyl (C=O) groups excluding carboxylic acids is 1. The monoisotopic (exact) mass is 282 g/mol. The highest BCUT2D eigenvalue weighted by molar-refractivity contribution is 7.09. The molecule has 2 rings (SSSR count). The zero-order chi connectivity index (χ0) is 13.7. The SMILES string of the molecule is O=C(O)C1CCN(C(=O)NCCc2cccs2)CC1. The minimum atomic E-state index is -0.752. The molecule has 19 heavy (non-hydrogen) atoms. The van der Waals surface area contributed by atoms with Crippen molar-refractivity contribution in [2.75, 3.05) is 19.6 Å². The number of thiophene rings is 1. The number of carboxylic acids is 1. The lowest BCUT2D eigenvalue weighted by Gasteiger charge is -2.30. The van der Waals surface area contributed by atoms with Crippen LogP contribution in [0.2, 0.25) is 0 Å². The Bertz CT molecular complexity index is 425. The lowest BCUT2D eigenvalue weighted by molar-refractivity contribution is -0.143. The van der Waals surface area contributed by atoms with Crippen LogP contribution in [0.4, 0.5) is 4.79 Å². The third-order valence-electron chi connectivity index (χ3n) is 3.36. The first-order chi connectivity index (χ1) is 9.16. The average molecular weight is 282 g/mol. The molecule has 104 valence electrons. The second-order valence-electron chi connectivity index (χ2n) is 4.66. The van der Waals surface area contributed by atoms with Gasteiger partial charge in [-0.2, -0.15) is 0 Å². The Hall–Kier alpha value is -1.56. The molecule has 0 aliphatic carbocycles. The highest BCUT2D eigenvalue weighted by atomic mass is 32.1. The summed E-state index contributed by atoms with van der Waals surface area (Å²) < 4.78 is 0. The average Bonchev–Trinajstić information content (AvgIpc) is 2.92. The van der Waals surface area contributed by atoms with Crippen LogP contribution < -0.4 is 5.32 Å². The largest absolute Gasteiger partial charge is 0.481 e. The molecule has 0 radical (unpaired) electrons. The summed E-state index contributed by atoms with van der Waals surface area (Å²) in [6, 6.07) is 3.97. The van der Waals surface area contributed by atoms with E-state index in [0.29, 0.717) is 32.5 Å². The second-order valence-corrected chi connectivity index (χ2v) is 5.69. The van der Waals surface area contributed by atoms with Gasteiger partial charge in [0.05, 0.1) is 5.92 Å². The number of amides is 2. The highest BCUT2D eigenvalue weighted by Gasteiger charge is 2.26. The van der Waals surface area contributed by atoms with E-state index in [1.54, 1.807) is 16.2 Å². The zero-order valence-electron chi connectivity index (χ0n) is 10.7. The van der Waals surface area contributed by atoms with Gasteiger partial charge in [0.2, 0.25) is 0 Å². The second kappa shape index (κ2) is 6.56. The van der Waals surface area contributed by atoms with Crippen molar-refractivity contribution in [2.24, 2.45) is 5.92 Å². The van der Waals surface area contributed by atoms with E-state index >= 15 is 0 Å². The molecule has 1 saturated heterocycles. The van der Waals surface area contributed by atoms with E-state index in [1.165, 1.54) is 4.88 Å². The van der Waals surface area contributed by atoms with Gasteiger partial charge >= 0.3 is 12.0 Å². The molecule has 0 aromatic carbocycles. The predicted octanol–water partition coefficient (Wildman–Crippen LogP) is 1.80. The molecule has 0 saturated carbocycles. The minimum absolute atomic E-state index is 0.0830. The Morgan fingerprint density at radius 1 is 1.42 bits per heavy atom. The number of urea groups is 1. The van der Waals surface area contributed by atoms with Crippen LogP contribution in [0.5, 0.6) is 0 Å². The number of nitrogens with zero attached hydrogens (tertiary/aromatic N) is 1. The molecule has 1 aliphatic heterocycles. The Morgan fingerprint density at radius 2 is 2.16 bits per heavy atom. The molecule has 0 unspecified atom stereocenters. The molecular weight excluding hydrogens is 264 g/mol. The van der Waals surface area contributed by atoms with E-state index in [4.69, 9.17) is 5.11 Å². The molecule has 0 bridgehead atoms. The fraction of sp³-hybridized carbons (Fsp3) is 0.538. The fourth-order valence-corrected chi connectivity index (χ4v) is 2.90. The van der Waals surface area contributed by atoms with E-state index in [2.05, 4.69) is 11.4 Å². The van der Waals surface area contributed by atoms with Crippen LogP contribution in [0.15, 0.2) is 17.5 Å². The lowest BCUT2D eigenvalue weighted by atomic mass is 9.97. The number of carboxylic acid groups (broad SMARTS) is 1. The summed E-state index contributed by atoms with van der Waals surface area (Å²) in [5.41, 5.74) is 0. The number of piperidine rings is 1. The Kier molecular flexibility index (Phi) is 4.79. The summed E-state index contributed by atoms with van der Waals surface area (Å²) in [6.07, 6.45) is 1.94. The van der Waals surface area contributed by atoms with Crippen molar-refractivity contribution in [1.29, 1.82) is 0 Å². The van der Waals surface area contributed by atoms with Crippen molar-refractivity contribution in [2.45, 2.75) is 19.3 Å². The Morgan fingerprint density at radius 3 is 2.74 bits per heavy atom. The minimum Gasteiger partial charge on any atom is -0.481 e. The van der Waals surface area contributed by atoms with Gasteiger partial charge in [-0.3, -0.25) is 4.79 Å². The summed E-state index contributed by atoms with van der Waals surface area (Å²) in [7, 11) is 0. The number of hydrogen-bond acceptors (Lipinski definition) is 3. The third kappa shape index (κ3) is 3.96. The van der Waals surface area contributed by atoms with E-state index < -0.39 is 5.97 Å². The van der Waals surface area contributed by atoms with Crippen molar-refractivity contribution < 1.29 is 14.7 Å². The molecule has 1 aromatic heterocycles. The predicted molar refractivity (Wildman–Crippen MR) is 73.4 cm³/mol. The van der Waals surface area contributed by atoms with Crippen molar-refractivity contribution in [3.63, 3.8) is 0 Å². The first kappa shape index (κ1) is 13.9. The number of carbonyl (C=O) groups is 2. The highest BCUT2D eigenvalue weighted by Crippen LogP contribution is 2.17. The summed E-state index contributed by atoms with van der Waals surface area (Å²) in [4.78, 5) is 25.6. The number of aliphatic carboxylic acids is 1. The van der Waals surface area contributed by atoms with Gasteiger partial charge in [-0.15, -0.1) is 11.3 Å². The van der Waals surface area contributed by atoms with Crippen LogP contribution in [-0.4, -0.2) is 41.6 Å². The fourth-order valence-electron chi connectivity index (χ4n) is 2.19. The summed E-state index contributed by atoms with van der Waals surface area (Å²) in [5, 5.41) is 13.8. The van der Waals surface area contributed by atoms with Crippen LogP contribution in [0.3, 0.4) is 0 Å². The molecule has 1 aromatic rings. The molecule has 5 nitrogen and oxygen atoms in total. The van der Waals surface area contributed by atoms with E-state index in [1.807, 2.05) is 11.4 Å². The number of likely N-dealkylation sites (tertiary alicyclic amines) is 1. The molecule has 2 N–H and O–H groups in total. The molecule has 2 amide bonds. The standard InChI is InChI=1S/C13H18N2O3S/c16-12(17)10-4-7-15(8-5-10)13(18)14-6-3-11-2-1-9-19-11/h1-2,9-10H,3-8H2,(H,14,18)(H,16,17). The Balaban J connectivity index is 1.68. The van der Waals surface area contributed by atoms with Gasteiger partial charge in [0, 0.05) is 24.5 Å². The molecule has 0 atom stereocenters. The summed E-state index contributed by atoms with van der Waals surface area (Å²) >= 11 is 1.68. The van der Waals surface area contributed by atoms with Gasteiger partial charge in [0.1, 0.15) is 0 Å². The van der Waals surface area contributed by atoms with Crippen LogP contribution in [0.1, 0.15) is 17.7 Å². The maximum Gasteiger partial charge on any atom is 0.317 e. The number of hydrogen-bond donors (Lipinski definition) is 2. The number of rotatable bonds is 4. The van der Waals surface area contributed by atoms with E-state index in [9.17, 15) is 9.59 Å². The van der Waals surface area contributed by atoms with Crippen LogP contribution in [-0.2, 0) is 11.2 Å². The van der Waals surface area contributed by atoms with Gasteiger partial charge < -0.3 is 15.3 Å². The van der Waals surface area contributed by atoms with Crippen LogP contribution in [0, 0.1) is 5.92 Å². The van der Waals surface area contributed by atoms with Gasteiger partial charge in [-0.25, -0.2) is 4.79 Å². The zero-order valence-corrected chi connectivity index (χ0v) is 11.5. The normalized spacial score (nSPS) is 16.3. The molecule has 2 heterocycles. The summed E-state index contributed by atoms with van der Waals surface area (Å²) in [6.45, 7) is 1.68. The number of nitrogens with one attached hydrogen (secondary N) is 1. The van der Waals surface area contributed by atoms with Gasteiger partial charge in [-0.1, -0.05) is 6.07 Å².